The summed E-state index contributed by atoms with van der Waals surface area (Å²) in [5, 5.41) is 8.23. The quantitative estimate of drug-likeness (QED) is 0.433. The van der Waals surface area contributed by atoms with Crippen molar-refractivity contribution in [1.82, 2.24) is 19.9 Å². The zero-order valence-corrected chi connectivity index (χ0v) is 18.1. The van der Waals surface area contributed by atoms with E-state index in [1.165, 1.54) is 11.8 Å². The summed E-state index contributed by atoms with van der Waals surface area (Å²) in [4.78, 5) is 16.9. The number of methoxy groups -OCH3 is 1. The van der Waals surface area contributed by atoms with Gasteiger partial charge in [-0.3, -0.25) is 4.79 Å². The van der Waals surface area contributed by atoms with E-state index in [1.54, 1.807) is 11.6 Å². The van der Waals surface area contributed by atoms with Crippen LogP contribution in [0.2, 0.25) is 0 Å². The number of hydrogen-bond acceptors (Lipinski definition) is 7. The molecule has 0 spiro atoms. The third-order valence-corrected chi connectivity index (χ3v) is 5.88. The second kappa shape index (κ2) is 8.80. The van der Waals surface area contributed by atoms with Gasteiger partial charge in [0.15, 0.2) is 17.1 Å². The van der Waals surface area contributed by atoms with Gasteiger partial charge < -0.3 is 19.5 Å². The van der Waals surface area contributed by atoms with Gasteiger partial charge >= 0.3 is 0 Å². The van der Waals surface area contributed by atoms with Crippen LogP contribution in [0.5, 0.6) is 17.2 Å². The monoisotopic (exact) mass is 448 g/mol. The molecule has 1 aliphatic rings. The van der Waals surface area contributed by atoms with E-state index in [0.717, 1.165) is 39.0 Å². The fourth-order valence-electron chi connectivity index (χ4n) is 3.28. The van der Waals surface area contributed by atoms with Crippen molar-refractivity contribution in [3.63, 3.8) is 0 Å². The van der Waals surface area contributed by atoms with E-state index in [-0.39, 0.29) is 18.5 Å². The summed E-state index contributed by atoms with van der Waals surface area (Å²) < 4.78 is 17.6. The van der Waals surface area contributed by atoms with Crippen LogP contribution in [0.1, 0.15) is 5.56 Å². The number of aromatic nitrogens is 3. The molecule has 1 amide bonds. The first-order valence-electron chi connectivity index (χ1n) is 9.97. The number of carbonyl (C=O) groups excluding carboxylic acids is 1. The molecule has 0 bridgehead atoms. The maximum Gasteiger partial charge on any atom is 0.231 e. The number of benzene rings is 2. The summed E-state index contributed by atoms with van der Waals surface area (Å²) in [7, 11) is 1.64. The molecule has 2 aromatic heterocycles. The number of amides is 1. The molecule has 32 heavy (non-hydrogen) atoms. The molecular weight excluding hydrogens is 428 g/mol. The van der Waals surface area contributed by atoms with Crippen molar-refractivity contribution in [2.24, 2.45) is 0 Å². The number of nitrogens with zero attached hydrogens (tertiary/aromatic N) is 3. The number of carbonyl (C=O) groups is 1. The van der Waals surface area contributed by atoms with Gasteiger partial charge in [0.05, 0.1) is 24.8 Å². The standard InChI is InChI=1S/C23H20N4O4S/c1-29-17-5-3-16(4-6-17)18-12-27-21(25-18)8-9-23(26-27)32-13-22(28)24-11-15-2-7-19-20(10-15)31-14-30-19/h2-10,12H,11,13-14H2,1H3,(H,24,28). The molecule has 5 rings (SSSR count). The Morgan fingerprint density at radius 2 is 1.97 bits per heavy atom. The van der Waals surface area contributed by atoms with Gasteiger partial charge in [0.1, 0.15) is 10.8 Å². The molecule has 1 aliphatic heterocycles. The Labute approximate surface area is 188 Å². The molecule has 3 heterocycles. The van der Waals surface area contributed by atoms with E-state index in [1.807, 2.05) is 60.8 Å². The second-order valence-electron chi connectivity index (χ2n) is 7.08. The lowest BCUT2D eigenvalue weighted by atomic mass is 10.2. The van der Waals surface area contributed by atoms with Crippen molar-refractivity contribution < 1.29 is 19.0 Å². The molecule has 162 valence electrons. The molecule has 2 aromatic carbocycles. The number of thioether (sulfide) groups is 1. The fraction of sp³-hybridized carbons (Fsp3) is 0.174. The van der Waals surface area contributed by atoms with Gasteiger partial charge in [0, 0.05) is 12.1 Å². The first-order chi connectivity index (χ1) is 15.7. The number of nitrogens with one attached hydrogen (secondary N) is 1. The van der Waals surface area contributed by atoms with E-state index in [2.05, 4.69) is 15.4 Å². The molecule has 0 fully saturated rings. The van der Waals surface area contributed by atoms with E-state index in [4.69, 9.17) is 14.2 Å². The smallest absolute Gasteiger partial charge is 0.231 e. The first kappa shape index (κ1) is 20.2. The SMILES string of the molecule is COc1ccc(-c2cn3nc(SCC(=O)NCc4ccc5c(c4)OCO5)ccc3n2)cc1. The highest BCUT2D eigenvalue weighted by molar-refractivity contribution is 7.99. The Balaban J connectivity index is 1.19. The molecule has 0 saturated heterocycles. The summed E-state index contributed by atoms with van der Waals surface area (Å²) in [6.45, 7) is 0.660. The van der Waals surface area contributed by atoms with Crippen molar-refractivity contribution in [1.29, 1.82) is 0 Å². The molecule has 0 aliphatic carbocycles. The molecule has 0 atom stereocenters. The minimum absolute atomic E-state index is 0.0703. The molecule has 0 unspecified atom stereocenters. The maximum absolute atomic E-state index is 12.3. The zero-order valence-electron chi connectivity index (χ0n) is 17.3. The zero-order chi connectivity index (χ0) is 21.9. The summed E-state index contributed by atoms with van der Waals surface area (Å²) >= 11 is 1.38. The lowest BCUT2D eigenvalue weighted by Crippen LogP contribution is -2.24. The molecule has 0 radical (unpaired) electrons. The van der Waals surface area contributed by atoms with E-state index >= 15 is 0 Å². The second-order valence-corrected chi connectivity index (χ2v) is 8.08. The third-order valence-electron chi connectivity index (χ3n) is 4.96. The van der Waals surface area contributed by atoms with Gasteiger partial charge in [0.25, 0.3) is 0 Å². The number of hydrogen-bond donors (Lipinski definition) is 1. The normalized spacial score (nSPS) is 12.2. The van der Waals surface area contributed by atoms with Crippen LogP contribution in [0.25, 0.3) is 16.9 Å². The lowest BCUT2D eigenvalue weighted by Gasteiger charge is -2.06. The van der Waals surface area contributed by atoms with Gasteiger partial charge in [-0.1, -0.05) is 17.8 Å². The van der Waals surface area contributed by atoms with Crippen LogP contribution in [-0.4, -0.2) is 40.2 Å². The van der Waals surface area contributed by atoms with Gasteiger partial charge in [-0.25, -0.2) is 9.50 Å². The highest BCUT2D eigenvalue weighted by atomic mass is 32.2. The Morgan fingerprint density at radius 1 is 1.12 bits per heavy atom. The van der Waals surface area contributed by atoms with Crippen LogP contribution < -0.4 is 19.5 Å². The Hall–Kier alpha value is -3.72. The van der Waals surface area contributed by atoms with E-state index in [0.29, 0.717) is 12.3 Å². The number of ether oxygens (including phenoxy) is 3. The average molecular weight is 449 g/mol. The van der Waals surface area contributed by atoms with Crippen molar-refractivity contribution in [2.45, 2.75) is 11.6 Å². The highest BCUT2D eigenvalue weighted by Gasteiger charge is 2.14. The molecular formula is C23H20N4O4S. The first-order valence-corrected chi connectivity index (χ1v) is 11.0. The van der Waals surface area contributed by atoms with Crippen LogP contribution in [0, 0.1) is 0 Å². The molecule has 9 heteroatoms. The Kier molecular flexibility index (Phi) is 5.55. The van der Waals surface area contributed by atoms with E-state index in [9.17, 15) is 4.79 Å². The summed E-state index contributed by atoms with van der Waals surface area (Å²) in [6, 6.07) is 17.1. The largest absolute Gasteiger partial charge is 0.497 e. The van der Waals surface area contributed by atoms with Gasteiger partial charge in [-0.15, -0.1) is 0 Å². The van der Waals surface area contributed by atoms with Crippen molar-refractivity contribution >= 4 is 23.3 Å². The van der Waals surface area contributed by atoms with Crippen LogP contribution in [-0.2, 0) is 11.3 Å². The lowest BCUT2D eigenvalue weighted by molar-refractivity contribution is -0.118. The van der Waals surface area contributed by atoms with Crippen LogP contribution in [0.15, 0.2) is 65.8 Å². The van der Waals surface area contributed by atoms with Crippen LogP contribution in [0.4, 0.5) is 0 Å². The van der Waals surface area contributed by atoms with Crippen molar-refractivity contribution in [3.05, 3.63) is 66.4 Å². The summed E-state index contributed by atoms with van der Waals surface area (Å²) in [5.74, 6) is 2.43. The van der Waals surface area contributed by atoms with Crippen LogP contribution in [0.3, 0.4) is 0 Å². The topological polar surface area (TPSA) is 87.0 Å². The Morgan fingerprint density at radius 3 is 2.81 bits per heavy atom. The maximum atomic E-state index is 12.3. The minimum Gasteiger partial charge on any atom is -0.497 e. The van der Waals surface area contributed by atoms with E-state index < -0.39 is 0 Å². The van der Waals surface area contributed by atoms with Crippen molar-refractivity contribution in [2.75, 3.05) is 19.7 Å². The minimum atomic E-state index is -0.0703. The molecule has 0 saturated carbocycles. The molecule has 8 nitrogen and oxygen atoms in total. The summed E-state index contributed by atoms with van der Waals surface area (Å²) in [6.07, 6.45) is 1.88. The Bertz CT molecular complexity index is 1270. The van der Waals surface area contributed by atoms with Crippen LogP contribution >= 0.6 is 11.8 Å². The van der Waals surface area contributed by atoms with Gasteiger partial charge in [0.2, 0.25) is 12.7 Å². The number of fused-ring (bicyclic) bond motifs is 2. The number of rotatable bonds is 7. The number of imidazole rings is 1. The molecule has 1 N–H and O–H groups in total. The third kappa shape index (κ3) is 4.33. The predicted molar refractivity (Wildman–Crippen MR) is 120 cm³/mol. The average Bonchev–Trinajstić information content (AvgIpc) is 3.47. The van der Waals surface area contributed by atoms with Crippen molar-refractivity contribution in [3.8, 4) is 28.5 Å². The van der Waals surface area contributed by atoms with Gasteiger partial charge in [-0.05, 0) is 54.1 Å². The van der Waals surface area contributed by atoms with Gasteiger partial charge in [-0.2, -0.15) is 5.10 Å². The fourth-order valence-corrected chi connectivity index (χ4v) is 3.98. The highest BCUT2D eigenvalue weighted by Crippen LogP contribution is 2.32. The predicted octanol–water partition coefficient (Wildman–Crippen LogP) is 3.54. The molecule has 4 aromatic rings. The summed E-state index contributed by atoms with van der Waals surface area (Å²) in [5.41, 5.74) is 3.50.